The molecule has 1 heterocycles. The molecule has 0 atom stereocenters. The molecule has 4 N–H and O–H groups in total. The molecule has 0 fully saturated rings. The van der Waals surface area contributed by atoms with E-state index in [2.05, 4.69) is 22.2 Å². The molecule has 14 heteroatoms. The number of anilines is 2. The molecule has 0 aliphatic rings. The van der Waals surface area contributed by atoms with Crippen LogP contribution in [0.2, 0.25) is 0 Å². The third-order valence-electron chi connectivity index (χ3n) is 4.66. The summed E-state index contributed by atoms with van der Waals surface area (Å²) in [7, 11) is -4.26. The Bertz CT molecular complexity index is 1620. The Labute approximate surface area is 228 Å². The number of hydrogen-bond donors (Lipinski definition) is 4. The van der Waals surface area contributed by atoms with Gasteiger partial charge >= 0.3 is 11.7 Å². The van der Waals surface area contributed by atoms with Crippen LogP contribution >= 0.6 is 23.4 Å². The Kier molecular flexibility index (Phi) is 10.7. The molecule has 0 unspecified atom stereocenters. The Morgan fingerprint density at radius 2 is 1.84 bits per heavy atom. The number of carbonyl (C=O) groups is 1. The maximum absolute atomic E-state index is 14.9. The number of sulfonamides is 1. The van der Waals surface area contributed by atoms with Crippen molar-refractivity contribution in [3.05, 3.63) is 84.3 Å². The SMILES string of the molecule is C=C(Cl)S/C(=C\C)S(=O)(=O)NC(=O)Nc1ccc(-n2c(=O)[nH]c3cc(NCC)ccc3c2=O)c(F)c1.CC. The number of aromatic nitrogens is 2. The maximum atomic E-state index is 14.9. The van der Waals surface area contributed by atoms with Crippen LogP contribution in [0, 0.1) is 5.82 Å². The number of halogens is 2. The lowest BCUT2D eigenvalue weighted by Crippen LogP contribution is -2.35. The van der Waals surface area contributed by atoms with Gasteiger partial charge in [0.15, 0.2) is 0 Å². The first kappa shape index (κ1) is 30.7. The average Bonchev–Trinajstić information content (AvgIpc) is 2.84. The number of fused-ring (bicyclic) bond motifs is 1. The minimum atomic E-state index is -4.26. The number of hydrogen-bond acceptors (Lipinski definition) is 7. The van der Waals surface area contributed by atoms with E-state index in [0.29, 0.717) is 28.6 Å². The van der Waals surface area contributed by atoms with Gasteiger partial charge in [-0.1, -0.05) is 49.9 Å². The number of H-pyrrole nitrogens is 1. The zero-order chi connectivity index (χ0) is 28.6. The summed E-state index contributed by atoms with van der Waals surface area (Å²) in [6.45, 7) is 11.4. The molecule has 0 saturated carbocycles. The third-order valence-corrected chi connectivity index (χ3v) is 7.68. The molecule has 0 spiro atoms. The predicted octanol–water partition coefficient (Wildman–Crippen LogP) is 5.03. The molecule has 0 aliphatic heterocycles. The van der Waals surface area contributed by atoms with E-state index in [1.54, 1.807) is 16.9 Å². The molecule has 0 radical (unpaired) electrons. The number of urea groups is 1. The number of carbonyl (C=O) groups excluding carboxylic acids is 1. The number of nitrogens with one attached hydrogen (secondary N) is 4. The number of amides is 2. The first-order valence-corrected chi connectivity index (χ1v) is 14.0. The second-order valence-electron chi connectivity index (χ2n) is 7.15. The van der Waals surface area contributed by atoms with E-state index in [4.69, 9.17) is 11.6 Å². The van der Waals surface area contributed by atoms with Crippen molar-refractivity contribution in [2.75, 3.05) is 17.2 Å². The summed E-state index contributed by atoms with van der Waals surface area (Å²) in [6, 6.07) is 6.77. The van der Waals surface area contributed by atoms with Crippen LogP contribution in [0.4, 0.5) is 20.6 Å². The molecule has 204 valence electrons. The normalized spacial score (nSPS) is 11.4. The van der Waals surface area contributed by atoms with Gasteiger partial charge in [-0.3, -0.25) is 4.79 Å². The molecular weight excluding hydrogens is 557 g/mol. The van der Waals surface area contributed by atoms with Gasteiger partial charge in [0.25, 0.3) is 15.6 Å². The molecule has 1 aromatic heterocycles. The lowest BCUT2D eigenvalue weighted by Gasteiger charge is -2.12. The van der Waals surface area contributed by atoms with Crippen molar-refractivity contribution in [1.29, 1.82) is 0 Å². The number of aromatic amines is 1. The molecule has 0 bridgehead atoms. The fraction of sp³-hybridized carbons (Fsp3) is 0.208. The van der Waals surface area contributed by atoms with Crippen LogP contribution in [-0.2, 0) is 10.0 Å². The molecule has 3 rings (SSSR count). The molecule has 2 amide bonds. The number of rotatable bonds is 8. The number of nitrogens with zero attached hydrogens (tertiary/aromatic N) is 1. The van der Waals surface area contributed by atoms with Crippen molar-refractivity contribution in [3.63, 3.8) is 0 Å². The second kappa shape index (κ2) is 13.3. The highest BCUT2D eigenvalue weighted by molar-refractivity contribution is 8.21. The first-order valence-electron chi connectivity index (χ1n) is 11.3. The average molecular weight is 584 g/mol. The van der Waals surface area contributed by atoms with Crippen molar-refractivity contribution in [3.8, 4) is 5.69 Å². The lowest BCUT2D eigenvalue weighted by atomic mass is 10.2. The molecule has 2 aromatic carbocycles. The van der Waals surface area contributed by atoms with E-state index < -0.39 is 33.1 Å². The van der Waals surface area contributed by atoms with Crippen LogP contribution in [0.5, 0.6) is 0 Å². The number of thioether (sulfide) groups is 1. The highest BCUT2D eigenvalue weighted by atomic mass is 35.5. The monoisotopic (exact) mass is 583 g/mol. The van der Waals surface area contributed by atoms with Gasteiger partial charge in [-0.15, -0.1) is 0 Å². The molecular formula is C24H27ClFN5O5S2. The van der Waals surface area contributed by atoms with Gasteiger partial charge in [-0.2, -0.15) is 0 Å². The molecule has 38 heavy (non-hydrogen) atoms. The van der Waals surface area contributed by atoms with Gasteiger partial charge < -0.3 is 15.6 Å². The fourth-order valence-corrected chi connectivity index (χ4v) is 5.52. The molecule has 10 nitrogen and oxygen atoms in total. The topological polar surface area (TPSA) is 142 Å². The highest BCUT2D eigenvalue weighted by Gasteiger charge is 2.22. The Balaban J connectivity index is 0.00000247. The molecule has 0 saturated heterocycles. The van der Waals surface area contributed by atoms with Crippen LogP contribution < -0.4 is 26.6 Å². The summed E-state index contributed by atoms with van der Waals surface area (Å²) in [5, 5.41) is 5.42. The summed E-state index contributed by atoms with van der Waals surface area (Å²) in [5.41, 5.74) is -1.09. The van der Waals surface area contributed by atoms with Crippen molar-refractivity contribution < 1.29 is 17.6 Å². The maximum Gasteiger partial charge on any atom is 0.333 e. The van der Waals surface area contributed by atoms with Gasteiger partial charge in [-0.25, -0.2) is 31.7 Å². The summed E-state index contributed by atoms with van der Waals surface area (Å²) >= 11 is 6.26. The number of benzene rings is 2. The van der Waals surface area contributed by atoms with Crippen molar-refractivity contribution in [1.82, 2.24) is 14.3 Å². The minimum absolute atomic E-state index is 0.0245. The van der Waals surface area contributed by atoms with Crippen LogP contribution in [0.1, 0.15) is 27.7 Å². The van der Waals surface area contributed by atoms with E-state index in [0.717, 1.165) is 12.1 Å². The standard InChI is InChI=1S/C22H21ClFN5O5S2.C2H6/c1-4-19(35-12(3)23)36(33,34)28-21(31)26-14-7-9-18(16(24)10-14)29-20(30)15-8-6-13(25-5-2)11-17(15)27-22(29)32;1-2/h4,6-11,25H,3,5H2,1-2H3,(H,27,32)(H2,26,28,31);1-2H3/b19-4+;. The van der Waals surface area contributed by atoms with Crippen LogP contribution in [-0.4, -0.2) is 30.5 Å². The van der Waals surface area contributed by atoms with E-state index in [1.165, 1.54) is 25.1 Å². The van der Waals surface area contributed by atoms with Crippen molar-refractivity contribution >= 4 is 61.7 Å². The van der Waals surface area contributed by atoms with Gasteiger partial charge in [-0.05, 0) is 50.2 Å². The van der Waals surface area contributed by atoms with Crippen LogP contribution in [0.15, 0.2) is 67.2 Å². The van der Waals surface area contributed by atoms with Gasteiger partial charge in [0.2, 0.25) is 0 Å². The fourth-order valence-electron chi connectivity index (χ4n) is 3.22. The summed E-state index contributed by atoms with van der Waals surface area (Å²) < 4.78 is 41.7. The summed E-state index contributed by atoms with van der Waals surface area (Å²) in [4.78, 5) is 40.3. The summed E-state index contributed by atoms with van der Waals surface area (Å²) in [6.07, 6.45) is 1.22. The van der Waals surface area contributed by atoms with Gasteiger partial charge in [0.1, 0.15) is 10.1 Å². The quantitative estimate of drug-likeness (QED) is 0.291. The van der Waals surface area contributed by atoms with Gasteiger partial charge in [0.05, 0.1) is 21.0 Å². The lowest BCUT2D eigenvalue weighted by molar-refractivity contribution is 0.256. The summed E-state index contributed by atoms with van der Waals surface area (Å²) in [5.74, 6) is -1.00. The predicted molar refractivity (Wildman–Crippen MR) is 153 cm³/mol. The first-order chi connectivity index (χ1) is 18.0. The Hall–Kier alpha value is -3.55. The molecule has 0 aliphatic carbocycles. The zero-order valence-electron chi connectivity index (χ0n) is 21.0. The smallest absolute Gasteiger partial charge is 0.333 e. The number of allylic oxidation sites excluding steroid dienone is 1. The van der Waals surface area contributed by atoms with E-state index in [1.807, 2.05) is 20.8 Å². The third kappa shape index (κ3) is 7.27. The Morgan fingerprint density at radius 1 is 1.18 bits per heavy atom. The van der Waals surface area contributed by atoms with E-state index >= 15 is 0 Å². The van der Waals surface area contributed by atoms with Crippen molar-refractivity contribution in [2.24, 2.45) is 0 Å². The van der Waals surface area contributed by atoms with Crippen molar-refractivity contribution in [2.45, 2.75) is 27.7 Å². The van der Waals surface area contributed by atoms with Gasteiger partial charge in [0, 0.05) is 17.9 Å². The van der Waals surface area contributed by atoms with E-state index in [-0.39, 0.29) is 30.9 Å². The van der Waals surface area contributed by atoms with Crippen LogP contribution in [0.3, 0.4) is 0 Å². The van der Waals surface area contributed by atoms with E-state index in [9.17, 15) is 27.2 Å². The largest absolute Gasteiger partial charge is 0.385 e. The molecule has 3 aromatic rings. The van der Waals surface area contributed by atoms with Crippen LogP contribution in [0.25, 0.3) is 16.6 Å². The highest BCUT2D eigenvalue weighted by Crippen LogP contribution is 2.30. The Morgan fingerprint density at radius 3 is 2.42 bits per heavy atom. The second-order valence-corrected chi connectivity index (χ2v) is 10.9. The zero-order valence-corrected chi connectivity index (χ0v) is 23.4. The minimum Gasteiger partial charge on any atom is -0.385 e.